The van der Waals surface area contributed by atoms with Crippen LogP contribution in [0.25, 0.3) is 5.57 Å². The highest BCUT2D eigenvalue weighted by Crippen LogP contribution is 2.18. The van der Waals surface area contributed by atoms with Gasteiger partial charge in [-0.1, -0.05) is 55.1 Å². The van der Waals surface area contributed by atoms with Crippen LogP contribution in [0.1, 0.15) is 38.8 Å². The fraction of sp³-hybridized carbons (Fsp3) is 0.350. The molecule has 3 nitrogen and oxygen atoms in total. The number of ether oxygens (including phenoxy) is 1. The zero-order valence-electron chi connectivity index (χ0n) is 14.5. The first-order valence-electron chi connectivity index (χ1n) is 7.80. The van der Waals surface area contributed by atoms with E-state index in [-0.39, 0.29) is 5.97 Å². The minimum absolute atomic E-state index is 0.371. The molecule has 3 heteroatoms. The molecule has 0 radical (unpaired) electrons. The molecule has 1 aromatic rings. The number of nitrogens with two attached hydrogens (primary N) is 1. The van der Waals surface area contributed by atoms with Crippen molar-refractivity contribution >= 4 is 11.5 Å². The van der Waals surface area contributed by atoms with E-state index in [2.05, 4.69) is 6.58 Å². The Labute approximate surface area is 139 Å². The van der Waals surface area contributed by atoms with E-state index in [9.17, 15) is 4.79 Å². The summed E-state index contributed by atoms with van der Waals surface area (Å²) in [6.07, 6.45) is 8.16. The quantitative estimate of drug-likeness (QED) is 0.637. The number of hydrogen-bond acceptors (Lipinski definition) is 3. The molecule has 1 unspecified atom stereocenters. The molecule has 0 aliphatic carbocycles. The normalized spacial score (nSPS) is 13.9. The molecule has 0 amide bonds. The van der Waals surface area contributed by atoms with Crippen LogP contribution in [0.2, 0.25) is 0 Å². The Hall–Kier alpha value is -2.13. The summed E-state index contributed by atoms with van der Waals surface area (Å²) < 4.78 is 5.30. The van der Waals surface area contributed by atoms with Crippen molar-refractivity contribution in [2.45, 2.75) is 45.8 Å². The number of allylic oxidation sites excluding steroid dienone is 5. The second-order valence-corrected chi connectivity index (χ2v) is 6.38. The summed E-state index contributed by atoms with van der Waals surface area (Å²) in [6, 6.07) is 7.39. The average molecular weight is 313 g/mol. The van der Waals surface area contributed by atoms with E-state index in [1.165, 1.54) is 0 Å². The van der Waals surface area contributed by atoms with Gasteiger partial charge in [0.05, 0.1) is 0 Å². The number of carbonyl (C=O) groups excluding carboxylic acids is 1. The van der Waals surface area contributed by atoms with Crippen LogP contribution in [0, 0.1) is 0 Å². The molecule has 23 heavy (non-hydrogen) atoms. The Morgan fingerprint density at radius 1 is 1.30 bits per heavy atom. The number of hydrogen-bond donors (Lipinski definition) is 1. The summed E-state index contributed by atoms with van der Waals surface area (Å²) >= 11 is 0. The first kappa shape index (κ1) is 18.9. The molecule has 0 fully saturated rings. The zero-order chi connectivity index (χ0) is 17.5. The predicted molar refractivity (Wildman–Crippen MR) is 97.0 cm³/mol. The first-order valence-corrected chi connectivity index (χ1v) is 7.80. The van der Waals surface area contributed by atoms with Crippen LogP contribution >= 0.6 is 0 Å². The highest BCUT2D eigenvalue weighted by atomic mass is 16.6. The van der Waals surface area contributed by atoms with Gasteiger partial charge in [-0.05, 0) is 50.8 Å². The van der Waals surface area contributed by atoms with E-state index in [1.54, 1.807) is 6.08 Å². The second-order valence-electron chi connectivity index (χ2n) is 6.38. The van der Waals surface area contributed by atoms with E-state index in [4.69, 9.17) is 10.5 Å². The first-order chi connectivity index (χ1) is 10.8. The molecule has 0 aliphatic rings. The fourth-order valence-corrected chi connectivity index (χ4v) is 2.08. The standard InChI is InChI=1S/C20H27NO2/c1-6-8-9-16(7-2)17-12-10-15(11-13-17)14-18(21)19(22)23-20(3,4)5/h6-13,18H,1,14,21H2,2-5H3/b9-8-,16-7+. The van der Waals surface area contributed by atoms with Crippen molar-refractivity contribution in [3.63, 3.8) is 0 Å². The second kappa shape index (κ2) is 8.49. The molecule has 1 atom stereocenters. The Morgan fingerprint density at radius 3 is 2.39 bits per heavy atom. The lowest BCUT2D eigenvalue weighted by Gasteiger charge is -2.22. The molecule has 0 heterocycles. The number of carbonyl (C=O) groups is 1. The van der Waals surface area contributed by atoms with Crippen LogP contribution in [0.15, 0.2) is 55.1 Å². The third-order valence-corrected chi connectivity index (χ3v) is 3.18. The molecule has 0 saturated heterocycles. The smallest absolute Gasteiger partial charge is 0.323 e. The SMILES string of the molecule is C=C/C=C\C(=C/C)c1ccc(CC(N)C(=O)OC(C)(C)C)cc1. The topological polar surface area (TPSA) is 52.3 Å². The lowest BCUT2D eigenvalue weighted by Crippen LogP contribution is -2.38. The summed E-state index contributed by atoms with van der Waals surface area (Å²) in [5.41, 5.74) is 8.66. The maximum absolute atomic E-state index is 11.9. The van der Waals surface area contributed by atoms with Gasteiger partial charge in [-0.3, -0.25) is 4.79 Å². The van der Waals surface area contributed by atoms with Crippen LogP contribution < -0.4 is 5.73 Å². The van der Waals surface area contributed by atoms with Crippen LogP contribution in [0.5, 0.6) is 0 Å². The van der Waals surface area contributed by atoms with Gasteiger partial charge in [0.25, 0.3) is 0 Å². The number of esters is 1. The molecule has 0 aromatic heterocycles. The molecular weight excluding hydrogens is 286 g/mol. The molecule has 2 N–H and O–H groups in total. The van der Waals surface area contributed by atoms with Crippen molar-refractivity contribution in [2.75, 3.05) is 0 Å². The molecule has 0 bridgehead atoms. The summed E-state index contributed by atoms with van der Waals surface area (Å²) in [7, 11) is 0. The maximum atomic E-state index is 11.9. The largest absolute Gasteiger partial charge is 0.459 e. The average Bonchev–Trinajstić information content (AvgIpc) is 2.47. The van der Waals surface area contributed by atoms with Crippen molar-refractivity contribution in [3.05, 3.63) is 66.3 Å². The third kappa shape index (κ3) is 6.66. The van der Waals surface area contributed by atoms with Gasteiger partial charge in [-0.2, -0.15) is 0 Å². The van der Waals surface area contributed by atoms with E-state index in [0.717, 1.165) is 16.7 Å². The fourth-order valence-electron chi connectivity index (χ4n) is 2.08. The third-order valence-electron chi connectivity index (χ3n) is 3.18. The van der Waals surface area contributed by atoms with E-state index in [0.29, 0.717) is 6.42 Å². The van der Waals surface area contributed by atoms with Crippen LogP contribution in [0.3, 0.4) is 0 Å². The van der Waals surface area contributed by atoms with Gasteiger partial charge < -0.3 is 10.5 Å². The van der Waals surface area contributed by atoms with Gasteiger partial charge in [0, 0.05) is 0 Å². The van der Waals surface area contributed by atoms with Crippen LogP contribution in [0.4, 0.5) is 0 Å². The van der Waals surface area contributed by atoms with E-state index >= 15 is 0 Å². The van der Waals surface area contributed by atoms with Gasteiger partial charge in [-0.25, -0.2) is 0 Å². The van der Waals surface area contributed by atoms with Crippen molar-refractivity contribution < 1.29 is 9.53 Å². The highest BCUT2D eigenvalue weighted by Gasteiger charge is 2.22. The van der Waals surface area contributed by atoms with Crippen LogP contribution in [-0.4, -0.2) is 17.6 Å². The summed E-state index contributed by atoms with van der Waals surface area (Å²) in [5.74, 6) is -0.371. The minimum atomic E-state index is -0.651. The van der Waals surface area contributed by atoms with Gasteiger partial charge >= 0.3 is 5.97 Å². The molecule has 1 aromatic carbocycles. The lowest BCUT2D eigenvalue weighted by atomic mass is 10.0. The van der Waals surface area contributed by atoms with Gasteiger partial charge in [-0.15, -0.1) is 0 Å². The maximum Gasteiger partial charge on any atom is 0.323 e. The predicted octanol–water partition coefficient (Wildman–Crippen LogP) is 4.04. The minimum Gasteiger partial charge on any atom is -0.459 e. The Kier molecular flexibility index (Phi) is 6.98. The lowest BCUT2D eigenvalue weighted by molar-refractivity contribution is -0.156. The van der Waals surface area contributed by atoms with E-state index < -0.39 is 11.6 Å². The number of rotatable bonds is 6. The monoisotopic (exact) mass is 313 g/mol. The van der Waals surface area contributed by atoms with Gasteiger partial charge in [0.15, 0.2) is 0 Å². The van der Waals surface area contributed by atoms with Crippen LogP contribution in [-0.2, 0) is 16.0 Å². The van der Waals surface area contributed by atoms with Gasteiger partial charge in [0.1, 0.15) is 11.6 Å². The number of benzene rings is 1. The molecule has 124 valence electrons. The molecule has 1 rings (SSSR count). The summed E-state index contributed by atoms with van der Waals surface area (Å²) in [5, 5.41) is 0. The summed E-state index contributed by atoms with van der Waals surface area (Å²) in [6.45, 7) is 11.2. The van der Waals surface area contributed by atoms with Crippen molar-refractivity contribution in [3.8, 4) is 0 Å². The Balaban J connectivity index is 2.75. The molecule has 0 aliphatic heterocycles. The van der Waals surface area contributed by atoms with Crippen molar-refractivity contribution in [1.82, 2.24) is 0 Å². The Bertz CT molecular complexity index is 589. The molecular formula is C20H27NO2. The Morgan fingerprint density at radius 2 is 1.91 bits per heavy atom. The summed E-state index contributed by atoms with van der Waals surface area (Å²) in [4.78, 5) is 11.9. The van der Waals surface area contributed by atoms with Crippen molar-refractivity contribution in [2.24, 2.45) is 5.73 Å². The van der Waals surface area contributed by atoms with Gasteiger partial charge in [0.2, 0.25) is 0 Å². The zero-order valence-corrected chi connectivity index (χ0v) is 14.5. The van der Waals surface area contributed by atoms with Crippen molar-refractivity contribution in [1.29, 1.82) is 0 Å². The molecule has 0 spiro atoms. The molecule has 0 saturated carbocycles. The highest BCUT2D eigenvalue weighted by molar-refractivity contribution is 5.76. The van der Waals surface area contributed by atoms with E-state index in [1.807, 2.05) is 70.2 Å².